The lowest BCUT2D eigenvalue weighted by atomic mass is 9.70. The SMILES string of the molecule is NC(=O)C1=CN2CCCC2C12C(=O)N(Cc1cccc(Cl)c1)c1ccccc12. The summed E-state index contributed by atoms with van der Waals surface area (Å²) < 4.78 is 0. The molecule has 2 atom stereocenters. The molecule has 0 aliphatic carbocycles. The van der Waals surface area contributed by atoms with Gasteiger partial charge in [-0.15, -0.1) is 0 Å². The molecule has 3 heterocycles. The molecule has 2 N–H and O–H groups in total. The van der Waals surface area contributed by atoms with Crippen LogP contribution in [0.3, 0.4) is 0 Å². The van der Waals surface area contributed by atoms with E-state index in [1.807, 2.05) is 54.7 Å². The minimum absolute atomic E-state index is 0.0620. The molecule has 3 aliphatic heterocycles. The number of carbonyl (C=O) groups is 2. The van der Waals surface area contributed by atoms with Gasteiger partial charge in [-0.3, -0.25) is 9.59 Å². The van der Waals surface area contributed by atoms with E-state index in [0.717, 1.165) is 36.2 Å². The third-order valence-corrected chi connectivity index (χ3v) is 6.45. The minimum atomic E-state index is -1.02. The summed E-state index contributed by atoms with van der Waals surface area (Å²) in [5.41, 5.74) is 7.82. The number of hydrogen-bond donors (Lipinski definition) is 1. The molecule has 5 nitrogen and oxygen atoms in total. The van der Waals surface area contributed by atoms with Crippen LogP contribution in [-0.2, 0) is 21.5 Å². The predicted molar refractivity (Wildman–Crippen MR) is 108 cm³/mol. The molecule has 0 aromatic heterocycles. The summed E-state index contributed by atoms with van der Waals surface area (Å²) in [5, 5.41) is 0.632. The molecule has 0 radical (unpaired) electrons. The number of primary amides is 1. The van der Waals surface area contributed by atoms with E-state index in [-0.39, 0.29) is 11.9 Å². The Kier molecular flexibility index (Phi) is 3.78. The summed E-state index contributed by atoms with van der Waals surface area (Å²) in [7, 11) is 0. The van der Waals surface area contributed by atoms with E-state index in [1.54, 1.807) is 4.90 Å². The maximum absolute atomic E-state index is 14.0. The number of fused-ring (bicyclic) bond motifs is 4. The Labute approximate surface area is 168 Å². The fourth-order valence-electron chi connectivity index (χ4n) is 5.15. The Balaban J connectivity index is 1.67. The van der Waals surface area contributed by atoms with Crippen molar-refractivity contribution in [1.82, 2.24) is 4.90 Å². The quantitative estimate of drug-likeness (QED) is 0.871. The second kappa shape index (κ2) is 6.11. The highest BCUT2D eigenvalue weighted by Gasteiger charge is 2.63. The van der Waals surface area contributed by atoms with Crippen molar-refractivity contribution >= 4 is 29.1 Å². The summed E-state index contributed by atoms with van der Waals surface area (Å²) >= 11 is 6.14. The third kappa shape index (κ3) is 2.20. The van der Waals surface area contributed by atoms with Crippen LogP contribution in [0.4, 0.5) is 5.69 Å². The van der Waals surface area contributed by atoms with Gasteiger partial charge in [0.2, 0.25) is 11.8 Å². The van der Waals surface area contributed by atoms with Gasteiger partial charge in [0.1, 0.15) is 5.41 Å². The highest BCUT2D eigenvalue weighted by molar-refractivity contribution is 6.30. The van der Waals surface area contributed by atoms with E-state index in [9.17, 15) is 9.59 Å². The fraction of sp³-hybridized carbons (Fsp3) is 0.273. The first-order valence-corrected chi connectivity index (χ1v) is 9.85. The van der Waals surface area contributed by atoms with Gasteiger partial charge in [0.15, 0.2) is 0 Å². The minimum Gasteiger partial charge on any atom is -0.372 e. The highest BCUT2D eigenvalue weighted by atomic mass is 35.5. The van der Waals surface area contributed by atoms with Crippen LogP contribution in [0, 0.1) is 0 Å². The van der Waals surface area contributed by atoms with E-state index in [0.29, 0.717) is 17.1 Å². The second-order valence-electron chi connectivity index (χ2n) is 7.65. The smallest absolute Gasteiger partial charge is 0.247 e. The van der Waals surface area contributed by atoms with Crippen LogP contribution in [0.2, 0.25) is 5.02 Å². The Morgan fingerprint density at radius 3 is 2.82 bits per heavy atom. The number of benzene rings is 2. The number of halogens is 1. The zero-order valence-electron chi connectivity index (χ0n) is 15.3. The number of hydrogen-bond acceptors (Lipinski definition) is 3. The van der Waals surface area contributed by atoms with Crippen LogP contribution in [-0.4, -0.2) is 29.3 Å². The molecule has 2 aromatic rings. The van der Waals surface area contributed by atoms with Crippen LogP contribution in [0.1, 0.15) is 24.0 Å². The number of anilines is 1. The van der Waals surface area contributed by atoms with Crippen molar-refractivity contribution in [2.45, 2.75) is 30.8 Å². The van der Waals surface area contributed by atoms with E-state index in [4.69, 9.17) is 17.3 Å². The van der Waals surface area contributed by atoms with E-state index in [1.165, 1.54) is 0 Å². The molecule has 2 aromatic carbocycles. The molecule has 0 saturated carbocycles. The molecular weight excluding hydrogens is 374 g/mol. The van der Waals surface area contributed by atoms with Crippen molar-refractivity contribution < 1.29 is 9.59 Å². The molecule has 1 spiro atoms. The Morgan fingerprint density at radius 2 is 2.04 bits per heavy atom. The summed E-state index contributed by atoms with van der Waals surface area (Å²) in [4.78, 5) is 30.2. The molecule has 1 fully saturated rings. The van der Waals surface area contributed by atoms with Gasteiger partial charge in [-0.05, 0) is 42.2 Å². The van der Waals surface area contributed by atoms with E-state index in [2.05, 4.69) is 4.90 Å². The van der Waals surface area contributed by atoms with Crippen molar-refractivity contribution in [3.63, 3.8) is 0 Å². The molecular formula is C22H20ClN3O2. The average Bonchev–Trinajstić information content (AvgIpc) is 3.32. The predicted octanol–water partition coefficient (Wildman–Crippen LogP) is 2.97. The normalized spacial score (nSPS) is 25.2. The van der Waals surface area contributed by atoms with Crippen LogP contribution in [0.25, 0.3) is 0 Å². The lowest BCUT2D eigenvalue weighted by Gasteiger charge is -2.33. The highest BCUT2D eigenvalue weighted by Crippen LogP contribution is 2.55. The molecule has 1 saturated heterocycles. The van der Waals surface area contributed by atoms with Crippen molar-refractivity contribution in [2.24, 2.45) is 5.73 Å². The van der Waals surface area contributed by atoms with Gasteiger partial charge in [0.25, 0.3) is 0 Å². The average molecular weight is 394 g/mol. The van der Waals surface area contributed by atoms with Gasteiger partial charge in [-0.25, -0.2) is 0 Å². The zero-order chi connectivity index (χ0) is 19.5. The van der Waals surface area contributed by atoms with Gasteiger partial charge < -0.3 is 15.5 Å². The van der Waals surface area contributed by atoms with Gasteiger partial charge in [0, 0.05) is 23.5 Å². The monoisotopic (exact) mass is 393 g/mol. The molecule has 3 aliphatic rings. The molecule has 5 rings (SSSR count). The number of nitrogens with two attached hydrogens (primary N) is 1. The number of amides is 2. The topological polar surface area (TPSA) is 66.6 Å². The molecule has 0 bridgehead atoms. The summed E-state index contributed by atoms with van der Waals surface area (Å²) in [6, 6.07) is 15.2. The molecule has 142 valence electrons. The largest absolute Gasteiger partial charge is 0.372 e. The van der Waals surface area contributed by atoms with E-state index < -0.39 is 11.3 Å². The standard InChI is InChI=1S/C22H20ClN3O2/c23-15-6-3-5-14(11-15)12-26-18-8-2-1-7-16(18)22(21(26)28)17(20(24)27)13-25-10-4-9-19(22)25/h1-3,5-8,11,13,19H,4,9-10,12H2,(H2,24,27). The van der Waals surface area contributed by atoms with Crippen molar-refractivity contribution in [3.8, 4) is 0 Å². The molecule has 6 heteroatoms. The summed E-state index contributed by atoms with van der Waals surface area (Å²) in [6.45, 7) is 1.24. The zero-order valence-corrected chi connectivity index (χ0v) is 16.0. The van der Waals surface area contributed by atoms with Crippen molar-refractivity contribution in [1.29, 1.82) is 0 Å². The molecule has 28 heavy (non-hydrogen) atoms. The first-order chi connectivity index (χ1) is 13.5. The molecule has 2 unspecified atom stereocenters. The lowest BCUT2D eigenvalue weighted by molar-refractivity contribution is -0.125. The first kappa shape index (κ1) is 17.3. The van der Waals surface area contributed by atoms with Crippen LogP contribution < -0.4 is 10.6 Å². The van der Waals surface area contributed by atoms with Gasteiger partial charge in [-0.1, -0.05) is 41.9 Å². The maximum Gasteiger partial charge on any atom is 0.247 e. The first-order valence-electron chi connectivity index (χ1n) is 9.47. The van der Waals surface area contributed by atoms with Crippen molar-refractivity contribution in [3.05, 3.63) is 76.5 Å². The molecule has 2 amide bonds. The third-order valence-electron chi connectivity index (χ3n) is 6.21. The fourth-order valence-corrected chi connectivity index (χ4v) is 5.36. The second-order valence-corrected chi connectivity index (χ2v) is 8.09. The number of rotatable bonds is 3. The summed E-state index contributed by atoms with van der Waals surface area (Å²) in [6.07, 6.45) is 3.68. The van der Waals surface area contributed by atoms with Crippen LogP contribution in [0.15, 0.2) is 60.3 Å². The van der Waals surface area contributed by atoms with Gasteiger partial charge >= 0.3 is 0 Å². The number of nitrogens with zero attached hydrogens (tertiary/aromatic N) is 2. The van der Waals surface area contributed by atoms with Crippen LogP contribution in [0.5, 0.6) is 0 Å². The van der Waals surface area contributed by atoms with Gasteiger partial charge in [0.05, 0.1) is 18.2 Å². The van der Waals surface area contributed by atoms with Crippen molar-refractivity contribution in [2.75, 3.05) is 11.4 Å². The van der Waals surface area contributed by atoms with Gasteiger partial charge in [-0.2, -0.15) is 0 Å². The lowest BCUT2D eigenvalue weighted by Crippen LogP contribution is -2.51. The maximum atomic E-state index is 14.0. The van der Waals surface area contributed by atoms with Crippen LogP contribution >= 0.6 is 11.6 Å². The Hall–Kier alpha value is -2.79. The Bertz CT molecular complexity index is 1030. The summed E-state index contributed by atoms with van der Waals surface area (Å²) in [5.74, 6) is -0.602. The number of para-hydroxylation sites is 1. The number of carbonyl (C=O) groups excluding carboxylic acids is 2. The Morgan fingerprint density at radius 1 is 1.21 bits per heavy atom. The van der Waals surface area contributed by atoms with E-state index >= 15 is 0 Å².